The van der Waals surface area contributed by atoms with Gasteiger partial charge in [-0.1, -0.05) is 6.92 Å². The SMILES string of the molecule is CC[C@H](Cl)C(=O)N(C)[C@H]1CCSC1. The molecule has 1 fully saturated rings. The first-order chi connectivity index (χ1) is 6.16. The Labute approximate surface area is 89.0 Å². The van der Waals surface area contributed by atoms with Gasteiger partial charge in [0.05, 0.1) is 0 Å². The van der Waals surface area contributed by atoms with E-state index in [0.29, 0.717) is 12.5 Å². The molecule has 0 aromatic heterocycles. The van der Waals surface area contributed by atoms with E-state index in [1.807, 2.05) is 30.6 Å². The molecule has 0 spiro atoms. The fourth-order valence-electron chi connectivity index (χ4n) is 1.40. The first-order valence-corrected chi connectivity index (χ1v) is 6.24. The lowest BCUT2D eigenvalue weighted by molar-refractivity contribution is -0.131. The zero-order valence-electron chi connectivity index (χ0n) is 8.12. The number of hydrogen-bond donors (Lipinski definition) is 0. The molecular formula is C9H16ClNOS. The summed E-state index contributed by atoms with van der Waals surface area (Å²) >= 11 is 7.80. The monoisotopic (exact) mass is 221 g/mol. The minimum Gasteiger partial charge on any atom is -0.341 e. The lowest BCUT2D eigenvalue weighted by atomic mass is 10.2. The van der Waals surface area contributed by atoms with Crippen LogP contribution in [0.3, 0.4) is 0 Å². The standard InChI is InChI=1S/C9H16ClNOS/c1-3-8(10)9(12)11(2)7-4-5-13-6-7/h7-8H,3-6H2,1-2H3/t7-,8-/m0/s1. The highest BCUT2D eigenvalue weighted by Crippen LogP contribution is 2.22. The minimum absolute atomic E-state index is 0.0802. The van der Waals surface area contributed by atoms with Crippen LogP contribution >= 0.6 is 23.4 Å². The summed E-state index contributed by atoms with van der Waals surface area (Å²) in [6, 6.07) is 0.408. The van der Waals surface area contributed by atoms with E-state index in [1.54, 1.807) is 0 Å². The zero-order valence-corrected chi connectivity index (χ0v) is 9.70. The highest BCUT2D eigenvalue weighted by atomic mass is 35.5. The maximum absolute atomic E-state index is 11.6. The van der Waals surface area contributed by atoms with Gasteiger partial charge in [0.15, 0.2) is 0 Å². The van der Waals surface area contributed by atoms with Crippen molar-refractivity contribution in [1.29, 1.82) is 0 Å². The van der Waals surface area contributed by atoms with Gasteiger partial charge in [-0.15, -0.1) is 11.6 Å². The third-order valence-corrected chi connectivity index (χ3v) is 4.07. The van der Waals surface area contributed by atoms with E-state index in [0.717, 1.165) is 12.2 Å². The van der Waals surface area contributed by atoms with Crippen LogP contribution in [0.25, 0.3) is 0 Å². The van der Waals surface area contributed by atoms with Gasteiger partial charge >= 0.3 is 0 Å². The predicted molar refractivity (Wildman–Crippen MR) is 58.4 cm³/mol. The van der Waals surface area contributed by atoms with Crippen LogP contribution in [0.1, 0.15) is 19.8 Å². The summed E-state index contributed by atoms with van der Waals surface area (Å²) in [4.78, 5) is 13.5. The van der Waals surface area contributed by atoms with Crippen LogP contribution < -0.4 is 0 Å². The third kappa shape index (κ3) is 2.78. The number of thioether (sulfide) groups is 1. The number of carbonyl (C=O) groups is 1. The van der Waals surface area contributed by atoms with Gasteiger partial charge < -0.3 is 4.90 Å². The molecule has 0 radical (unpaired) electrons. The van der Waals surface area contributed by atoms with Gasteiger partial charge in [-0.2, -0.15) is 11.8 Å². The molecule has 0 bridgehead atoms. The van der Waals surface area contributed by atoms with E-state index in [4.69, 9.17) is 11.6 Å². The molecule has 1 saturated heterocycles. The molecule has 2 atom stereocenters. The molecule has 0 aromatic rings. The van der Waals surface area contributed by atoms with Crippen LogP contribution in [0.2, 0.25) is 0 Å². The largest absolute Gasteiger partial charge is 0.341 e. The predicted octanol–water partition coefficient (Wildman–Crippen LogP) is 1.97. The van der Waals surface area contributed by atoms with E-state index in [2.05, 4.69) is 0 Å². The summed E-state index contributed by atoms with van der Waals surface area (Å²) in [6.07, 6.45) is 1.82. The summed E-state index contributed by atoms with van der Waals surface area (Å²) in [5.41, 5.74) is 0. The molecule has 0 aliphatic carbocycles. The zero-order chi connectivity index (χ0) is 9.84. The number of carbonyl (C=O) groups excluding carboxylic acids is 1. The van der Waals surface area contributed by atoms with Crippen molar-refractivity contribution in [3.63, 3.8) is 0 Å². The first-order valence-electron chi connectivity index (χ1n) is 4.65. The van der Waals surface area contributed by atoms with Gasteiger partial charge in [0, 0.05) is 18.8 Å². The maximum atomic E-state index is 11.6. The van der Waals surface area contributed by atoms with Crippen LogP contribution in [0, 0.1) is 0 Å². The number of amides is 1. The summed E-state index contributed by atoms with van der Waals surface area (Å²) in [5.74, 6) is 2.31. The Kier molecular flexibility index (Phi) is 4.39. The summed E-state index contributed by atoms with van der Waals surface area (Å²) < 4.78 is 0. The highest BCUT2D eigenvalue weighted by Gasteiger charge is 2.26. The second-order valence-electron chi connectivity index (χ2n) is 3.34. The second kappa shape index (κ2) is 5.11. The van der Waals surface area contributed by atoms with Crippen LogP contribution in [-0.2, 0) is 4.79 Å². The van der Waals surface area contributed by atoms with Crippen molar-refractivity contribution in [1.82, 2.24) is 4.90 Å². The fraction of sp³-hybridized carbons (Fsp3) is 0.889. The molecule has 0 N–H and O–H groups in total. The Balaban J connectivity index is 2.45. The molecule has 0 aromatic carbocycles. The fourth-order valence-corrected chi connectivity index (χ4v) is 2.82. The molecule has 2 nitrogen and oxygen atoms in total. The van der Waals surface area contributed by atoms with Gasteiger partial charge in [-0.05, 0) is 18.6 Å². The summed E-state index contributed by atoms with van der Waals surface area (Å²) in [7, 11) is 1.86. The molecule has 1 aliphatic heterocycles. The molecule has 1 heterocycles. The van der Waals surface area contributed by atoms with Gasteiger partial charge in [0.25, 0.3) is 0 Å². The van der Waals surface area contributed by atoms with Gasteiger partial charge in [-0.25, -0.2) is 0 Å². The van der Waals surface area contributed by atoms with E-state index in [9.17, 15) is 4.79 Å². The average molecular weight is 222 g/mol. The quantitative estimate of drug-likeness (QED) is 0.680. The molecule has 1 rings (SSSR count). The lowest BCUT2D eigenvalue weighted by Crippen LogP contribution is -2.41. The van der Waals surface area contributed by atoms with Crippen molar-refractivity contribution in [2.75, 3.05) is 18.6 Å². The Bertz CT molecular complexity index is 182. The topological polar surface area (TPSA) is 20.3 Å². The van der Waals surface area contributed by atoms with Crippen LogP contribution in [-0.4, -0.2) is 40.8 Å². The van der Waals surface area contributed by atoms with Crippen LogP contribution in [0.5, 0.6) is 0 Å². The lowest BCUT2D eigenvalue weighted by Gasteiger charge is -2.25. The Hall–Kier alpha value is 0.110. The molecule has 1 amide bonds. The Morgan fingerprint density at radius 3 is 2.92 bits per heavy atom. The van der Waals surface area contributed by atoms with Crippen LogP contribution in [0.15, 0.2) is 0 Å². The van der Waals surface area contributed by atoms with Crippen molar-refractivity contribution in [2.24, 2.45) is 0 Å². The van der Waals surface area contributed by atoms with E-state index < -0.39 is 0 Å². The van der Waals surface area contributed by atoms with E-state index in [-0.39, 0.29) is 11.3 Å². The molecule has 0 unspecified atom stereocenters. The number of alkyl halides is 1. The van der Waals surface area contributed by atoms with Gasteiger partial charge in [0.2, 0.25) is 5.91 Å². The number of nitrogens with zero attached hydrogens (tertiary/aromatic N) is 1. The van der Waals surface area contributed by atoms with Crippen molar-refractivity contribution in [3.8, 4) is 0 Å². The van der Waals surface area contributed by atoms with Gasteiger partial charge in [0.1, 0.15) is 5.38 Å². The van der Waals surface area contributed by atoms with Gasteiger partial charge in [-0.3, -0.25) is 4.79 Å². The van der Waals surface area contributed by atoms with Crippen molar-refractivity contribution >= 4 is 29.3 Å². The van der Waals surface area contributed by atoms with Crippen molar-refractivity contribution in [3.05, 3.63) is 0 Å². The van der Waals surface area contributed by atoms with Crippen molar-refractivity contribution < 1.29 is 4.79 Å². The molecule has 4 heteroatoms. The van der Waals surface area contributed by atoms with Crippen LogP contribution in [0.4, 0.5) is 0 Å². The minimum atomic E-state index is -0.337. The maximum Gasteiger partial charge on any atom is 0.240 e. The second-order valence-corrected chi connectivity index (χ2v) is 5.02. The average Bonchev–Trinajstić information content (AvgIpc) is 2.67. The Morgan fingerprint density at radius 1 is 1.77 bits per heavy atom. The highest BCUT2D eigenvalue weighted by molar-refractivity contribution is 7.99. The van der Waals surface area contributed by atoms with E-state index >= 15 is 0 Å². The first kappa shape index (κ1) is 11.2. The summed E-state index contributed by atoms with van der Waals surface area (Å²) in [6.45, 7) is 1.94. The Morgan fingerprint density at radius 2 is 2.46 bits per heavy atom. The summed E-state index contributed by atoms with van der Waals surface area (Å²) in [5, 5.41) is -0.337. The molecule has 0 saturated carbocycles. The molecule has 76 valence electrons. The molecule has 13 heavy (non-hydrogen) atoms. The number of hydrogen-bond acceptors (Lipinski definition) is 2. The molecule has 1 aliphatic rings. The smallest absolute Gasteiger partial charge is 0.240 e. The van der Waals surface area contributed by atoms with Crippen molar-refractivity contribution in [2.45, 2.75) is 31.2 Å². The number of halogens is 1. The molecular weight excluding hydrogens is 206 g/mol. The van der Waals surface area contributed by atoms with E-state index in [1.165, 1.54) is 5.75 Å². The normalized spacial score (nSPS) is 24.4. The third-order valence-electron chi connectivity index (χ3n) is 2.43. The number of rotatable bonds is 3.